The molecule has 3 nitrogen and oxygen atoms in total. The lowest BCUT2D eigenvalue weighted by Gasteiger charge is -2.40. The van der Waals surface area contributed by atoms with Gasteiger partial charge in [0.15, 0.2) is 0 Å². The Balaban J connectivity index is 2.15. The zero-order valence-corrected chi connectivity index (χ0v) is 13.1. The first-order valence-electron chi connectivity index (χ1n) is 7.98. The van der Waals surface area contributed by atoms with Gasteiger partial charge in [0, 0.05) is 24.8 Å². The SMILES string of the molecule is CC(C)CNCc1cc(F)ccc1N(CCO)C1CCC1. The van der Waals surface area contributed by atoms with Crippen LogP contribution in [0.3, 0.4) is 0 Å². The van der Waals surface area contributed by atoms with E-state index in [-0.39, 0.29) is 12.4 Å². The predicted octanol–water partition coefficient (Wildman–Crippen LogP) is 2.92. The van der Waals surface area contributed by atoms with Gasteiger partial charge in [0.25, 0.3) is 0 Å². The van der Waals surface area contributed by atoms with E-state index in [1.54, 1.807) is 6.07 Å². The number of hydrogen-bond acceptors (Lipinski definition) is 3. The molecule has 0 aliphatic heterocycles. The Morgan fingerprint density at radius 3 is 2.71 bits per heavy atom. The fraction of sp³-hybridized carbons (Fsp3) is 0.647. The fourth-order valence-corrected chi connectivity index (χ4v) is 2.78. The van der Waals surface area contributed by atoms with E-state index in [1.165, 1.54) is 12.5 Å². The molecule has 0 atom stereocenters. The second-order valence-corrected chi connectivity index (χ2v) is 6.30. The monoisotopic (exact) mass is 294 g/mol. The molecule has 2 N–H and O–H groups in total. The summed E-state index contributed by atoms with van der Waals surface area (Å²) < 4.78 is 13.6. The van der Waals surface area contributed by atoms with E-state index >= 15 is 0 Å². The van der Waals surface area contributed by atoms with E-state index in [0.717, 1.165) is 30.6 Å². The first-order chi connectivity index (χ1) is 10.1. The highest BCUT2D eigenvalue weighted by molar-refractivity contribution is 5.55. The van der Waals surface area contributed by atoms with E-state index in [9.17, 15) is 9.50 Å². The van der Waals surface area contributed by atoms with Crippen molar-refractivity contribution in [1.29, 1.82) is 0 Å². The maximum atomic E-state index is 13.6. The second-order valence-electron chi connectivity index (χ2n) is 6.30. The Hall–Kier alpha value is -1.13. The highest BCUT2D eigenvalue weighted by atomic mass is 19.1. The van der Waals surface area contributed by atoms with Crippen LogP contribution in [0.2, 0.25) is 0 Å². The van der Waals surface area contributed by atoms with Crippen molar-refractivity contribution in [2.75, 3.05) is 24.6 Å². The lowest BCUT2D eigenvalue weighted by atomic mass is 9.90. The van der Waals surface area contributed by atoms with Crippen molar-refractivity contribution in [3.05, 3.63) is 29.6 Å². The van der Waals surface area contributed by atoms with Crippen molar-refractivity contribution in [2.45, 2.75) is 45.7 Å². The molecule has 21 heavy (non-hydrogen) atoms. The van der Waals surface area contributed by atoms with Gasteiger partial charge in [-0.2, -0.15) is 0 Å². The van der Waals surface area contributed by atoms with Crippen molar-refractivity contribution in [3.63, 3.8) is 0 Å². The lowest BCUT2D eigenvalue weighted by molar-refractivity contribution is 0.283. The summed E-state index contributed by atoms with van der Waals surface area (Å²) in [6, 6.07) is 5.48. The van der Waals surface area contributed by atoms with Gasteiger partial charge in [-0.15, -0.1) is 0 Å². The zero-order chi connectivity index (χ0) is 15.2. The van der Waals surface area contributed by atoms with Gasteiger partial charge in [-0.3, -0.25) is 0 Å². The molecule has 0 radical (unpaired) electrons. The van der Waals surface area contributed by atoms with Crippen molar-refractivity contribution in [2.24, 2.45) is 5.92 Å². The molecule has 1 aliphatic rings. The van der Waals surface area contributed by atoms with Crippen molar-refractivity contribution in [3.8, 4) is 0 Å². The van der Waals surface area contributed by atoms with E-state index in [1.807, 2.05) is 6.07 Å². The third-order valence-electron chi connectivity index (χ3n) is 4.08. The predicted molar refractivity (Wildman–Crippen MR) is 85.0 cm³/mol. The Bertz CT molecular complexity index is 446. The standard InChI is InChI=1S/C17H27FN2O/c1-13(2)11-19-12-14-10-15(18)6-7-17(14)20(8-9-21)16-4-3-5-16/h6-7,10,13,16,19,21H,3-5,8-9,11-12H2,1-2H3. The van der Waals surface area contributed by atoms with Gasteiger partial charge in [0.05, 0.1) is 6.61 Å². The van der Waals surface area contributed by atoms with Crippen molar-refractivity contribution in [1.82, 2.24) is 5.32 Å². The van der Waals surface area contributed by atoms with Gasteiger partial charge in [0.2, 0.25) is 0 Å². The topological polar surface area (TPSA) is 35.5 Å². The molecule has 1 aromatic carbocycles. The van der Waals surface area contributed by atoms with Crippen LogP contribution in [0, 0.1) is 11.7 Å². The molecule has 0 saturated heterocycles. The molecule has 0 spiro atoms. The number of anilines is 1. The van der Waals surface area contributed by atoms with E-state index in [2.05, 4.69) is 24.1 Å². The molecule has 0 amide bonds. The first kappa shape index (κ1) is 16.2. The molecule has 118 valence electrons. The molecule has 1 aromatic rings. The maximum Gasteiger partial charge on any atom is 0.123 e. The Kier molecular flexibility index (Phi) is 6.00. The number of aliphatic hydroxyl groups excluding tert-OH is 1. The Morgan fingerprint density at radius 1 is 1.38 bits per heavy atom. The van der Waals surface area contributed by atoms with Crippen LogP contribution in [0.15, 0.2) is 18.2 Å². The minimum absolute atomic E-state index is 0.132. The van der Waals surface area contributed by atoms with Gasteiger partial charge in [0.1, 0.15) is 5.82 Å². The van der Waals surface area contributed by atoms with Crippen LogP contribution in [0.4, 0.5) is 10.1 Å². The smallest absolute Gasteiger partial charge is 0.123 e. The van der Waals surface area contributed by atoms with Gasteiger partial charge in [-0.25, -0.2) is 4.39 Å². The fourth-order valence-electron chi connectivity index (χ4n) is 2.78. The van der Waals surface area contributed by atoms with E-state index in [0.29, 0.717) is 25.0 Å². The summed E-state index contributed by atoms with van der Waals surface area (Å²) in [5.74, 6) is 0.375. The maximum absolute atomic E-state index is 13.6. The lowest BCUT2D eigenvalue weighted by Crippen LogP contribution is -2.42. The van der Waals surface area contributed by atoms with Crippen LogP contribution >= 0.6 is 0 Å². The number of nitrogens with zero attached hydrogens (tertiary/aromatic N) is 1. The van der Waals surface area contributed by atoms with Crippen molar-refractivity contribution >= 4 is 5.69 Å². The normalized spacial score (nSPS) is 15.3. The number of hydrogen-bond donors (Lipinski definition) is 2. The molecule has 1 aliphatic carbocycles. The number of rotatable bonds is 8. The summed E-state index contributed by atoms with van der Waals surface area (Å²) in [4.78, 5) is 2.25. The summed E-state index contributed by atoms with van der Waals surface area (Å²) in [6.07, 6.45) is 3.57. The molecule has 0 aromatic heterocycles. The molecule has 1 fully saturated rings. The van der Waals surface area contributed by atoms with Crippen LogP contribution in [0.5, 0.6) is 0 Å². The minimum atomic E-state index is -0.197. The molecule has 0 heterocycles. The van der Waals surface area contributed by atoms with Crippen molar-refractivity contribution < 1.29 is 9.50 Å². The largest absolute Gasteiger partial charge is 0.395 e. The molecular weight excluding hydrogens is 267 g/mol. The van der Waals surface area contributed by atoms with Gasteiger partial charge in [-0.05, 0) is 55.5 Å². The highest BCUT2D eigenvalue weighted by Crippen LogP contribution is 2.31. The quantitative estimate of drug-likeness (QED) is 0.774. The molecule has 1 saturated carbocycles. The average molecular weight is 294 g/mol. The Labute approximate surface area is 127 Å². The second kappa shape index (κ2) is 7.76. The van der Waals surface area contributed by atoms with Crippen LogP contribution in [-0.2, 0) is 6.54 Å². The third kappa shape index (κ3) is 4.42. The van der Waals surface area contributed by atoms with E-state index < -0.39 is 0 Å². The number of nitrogens with one attached hydrogen (secondary N) is 1. The average Bonchev–Trinajstić information content (AvgIpc) is 2.36. The highest BCUT2D eigenvalue weighted by Gasteiger charge is 2.26. The first-order valence-corrected chi connectivity index (χ1v) is 7.98. The molecule has 0 bridgehead atoms. The molecule has 0 unspecified atom stereocenters. The third-order valence-corrected chi connectivity index (χ3v) is 4.08. The van der Waals surface area contributed by atoms with E-state index in [4.69, 9.17) is 0 Å². The zero-order valence-electron chi connectivity index (χ0n) is 13.1. The number of aliphatic hydroxyl groups is 1. The van der Waals surface area contributed by atoms with Crippen LogP contribution < -0.4 is 10.2 Å². The summed E-state index contributed by atoms with van der Waals surface area (Å²) in [5, 5.41) is 12.7. The van der Waals surface area contributed by atoms with Gasteiger partial charge < -0.3 is 15.3 Å². The Morgan fingerprint density at radius 2 is 2.14 bits per heavy atom. The molecular formula is C17H27FN2O. The number of halogens is 1. The van der Waals surface area contributed by atoms with Gasteiger partial charge in [-0.1, -0.05) is 13.8 Å². The number of benzene rings is 1. The van der Waals surface area contributed by atoms with Crippen LogP contribution in [-0.4, -0.2) is 30.8 Å². The van der Waals surface area contributed by atoms with Gasteiger partial charge >= 0.3 is 0 Å². The molecule has 2 rings (SSSR count). The summed E-state index contributed by atoms with van der Waals surface area (Å²) in [5.41, 5.74) is 2.04. The minimum Gasteiger partial charge on any atom is -0.395 e. The molecule has 4 heteroatoms. The summed E-state index contributed by atoms with van der Waals surface area (Å²) in [7, 11) is 0. The van der Waals surface area contributed by atoms with Crippen LogP contribution in [0.1, 0.15) is 38.7 Å². The van der Waals surface area contributed by atoms with Crippen LogP contribution in [0.25, 0.3) is 0 Å². The summed E-state index contributed by atoms with van der Waals surface area (Å²) in [6.45, 7) is 6.65. The summed E-state index contributed by atoms with van der Waals surface area (Å²) >= 11 is 0.